The van der Waals surface area contributed by atoms with Gasteiger partial charge in [-0.1, -0.05) is 6.92 Å². The van der Waals surface area contributed by atoms with Gasteiger partial charge in [-0.3, -0.25) is 0 Å². The molecule has 0 spiro atoms. The predicted molar refractivity (Wildman–Crippen MR) is 79.5 cm³/mol. The van der Waals surface area contributed by atoms with Crippen LogP contribution in [0.1, 0.15) is 27.2 Å². The van der Waals surface area contributed by atoms with Crippen LogP contribution in [0.2, 0.25) is 0 Å². The van der Waals surface area contributed by atoms with Crippen LogP contribution in [0, 0.1) is 0 Å². The Bertz CT molecular complexity index is 389. The number of hydrogen-bond acceptors (Lipinski definition) is 7. The summed E-state index contributed by atoms with van der Waals surface area (Å²) in [7, 11) is 1.68. The molecule has 7 nitrogen and oxygen atoms in total. The van der Waals surface area contributed by atoms with E-state index < -0.39 is 0 Å². The Morgan fingerprint density at radius 2 is 1.95 bits per heavy atom. The van der Waals surface area contributed by atoms with Crippen molar-refractivity contribution in [3.8, 4) is 6.01 Å². The molecule has 1 N–H and O–H groups in total. The fourth-order valence-corrected chi connectivity index (χ4v) is 1.60. The third-order valence-corrected chi connectivity index (χ3v) is 2.64. The van der Waals surface area contributed by atoms with E-state index in [1.54, 1.807) is 7.11 Å². The molecule has 0 aliphatic heterocycles. The predicted octanol–water partition coefficient (Wildman–Crippen LogP) is 1.56. The number of anilines is 2. The molecule has 1 aromatic rings. The lowest BCUT2D eigenvalue weighted by atomic mass is 10.5. The number of ether oxygens (including phenoxy) is 2. The van der Waals surface area contributed by atoms with Gasteiger partial charge >= 0.3 is 6.01 Å². The first-order chi connectivity index (χ1) is 9.74. The summed E-state index contributed by atoms with van der Waals surface area (Å²) >= 11 is 0. The quantitative estimate of drug-likeness (QED) is 0.698. The Labute approximate surface area is 120 Å². The van der Waals surface area contributed by atoms with Crippen molar-refractivity contribution in [3.63, 3.8) is 0 Å². The SMILES string of the molecule is CCCNc1nc(OCC)nc(N(CC)CCOC)n1. The number of rotatable bonds is 10. The van der Waals surface area contributed by atoms with Crippen LogP contribution in [0.5, 0.6) is 6.01 Å². The zero-order valence-corrected chi connectivity index (χ0v) is 12.8. The highest BCUT2D eigenvalue weighted by molar-refractivity contribution is 5.38. The van der Waals surface area contributed by atoms with Gasteiger partial charge in [-0.15, -0.1) is 0 Å². The van der Waals surface area contributed by atoms with Gasteiger partial charge in [0.05, 0.1) is 13.2 Å². The van der Waals surface area contributed by atoms with Gasteiger partial charge in [-0.2, -0.15) is 15.0 Å². The lowest BCUT2D eigenvalue weighted by Crippen LogP contribution is -2.29. The molecular formula is C13H25N5O2. The van der Waals surface area contributed by atoms with Crippen LogP contribution >= 0.6 is 0 Å². The molecule has 0 aliphatic rings. The van der Waals surface area contributed by atoms with Crippen molar-refractivity contribution in [2.45, 2.75) is 27.2 Å². The summed E-state index contributed by atoms with van der Waals surface area (Å²) in [5.74, 6) is 1.16. The van der Waals surface area contributed by atoms with Gasteiger partial charge in [0.2, 0.25) is 11.9 Å². The lowest BCUT2D eigenvalue weighted by Gasteiger charge is -2.21. The number of nitrogens with one attached hydrogen (secondary N) is 1. The normalized spacial score (nSPS) is 10.4. The van der Waals surface area contributed by atoms with Crippen LogP contribution in [-0.4, -0.2) is 54.9 Å². The maximum Gasteiger partial charge on any atom is 0.323 e. The first-order valence-electron chi connectivity index (χ1n) is 7.11. The standard InChI is InChI=1S/C13H25N5O2/c1-5-8-14-11-15-12(17-13(16-11)20-7-3)18(6-2)9-10-19-4/h5-10H2,1-4H3,(H,14,15,16,17). The second-order valence-electron chi connectivity index (χ2n) is 4.17. The molecule has 0 aliphatic carbocycles. The van der Waals surface area contributed by atoms with Crippen LogP contribution < -0.4 is 15.0 Å². The van der Waals surface area contributed by atoms with E-state index in [0.717, 1.165) is 26.1 Å². The lowest BCUT2D eigenvalue weighted by molar-refractivity contribution is 0.205. The van der Waals surface area contributed by atoms with Gasteiger partial charge in [0.15, 0.2) is 0 Å². The monoisotopic (exact) mass is 283 g/mol. The highest BCUT2D eigenvalue weighted by Crippen LogP contribution is 2.15. The van der Waals surface area contributed by atoms with Crippen LogP contribution in [0.15, 0.2) is 0 Å². The molecule has 0 unspecified atom stereocenters. The topological polar surface area (TPSA) is 72.4 Å². The molecule has 0 saturated carbocycles. The summed E-state index contributed by atoms with van der Waals surface area (Å²) in [5.41, 5.74) is 0. The van der Waals surface area contributed by atoms with Crippen molar-refractivity contribution in [1.82, 2.24) is 15.0 Å². The molecule has 0 fully saturated rings. The average Bonchev–Trinajstić information content (AvgIpc) is 2.46. The van der Waals surface area contributed by atoms with Gasteiger partial charge < -0.3 is 19.7 Å². The Morgan fingerprint density at radius 1 is 1.15 bits per heavy atom. The van der Waals surface area contributed by atoms with Gasteiger partial charge in [0.1, 0.15) is 0 Å². The number of likely N-dealkylation sites (N-methyl/N-ethyl adjacent to an activating group) is 1. The number of aromatic nitrogens is 3. The molecule has 114 valence electrons. The van der Waals surface area contributed by atoms with Crippen molar-refractivity contribution in [1.29, 1.82) is 0 Å². The van der Waals surface area contributed by atoms with Crippen LogP contribution in [0.25, 0.3) is 0 Å². The van der Waals surface area contributed by atoms with Crippen LogP contribution in [0.3, 0.4) is 0 Å². The van der Waals surface area contributed by atoms with E-state index in [0.29, 0.717) is 31.1 Å². The smallest absolute Gasteiger partial charge is 0.323 e. The van der Waals surface area contributed by atoms with Crippen LogP contribution in [-0.2, 0) is 4.74 Å². The third kappa shape index (κ3) is 5.16. The van der Waals surface area contributed by atoms with Crippen molar-refractivity contribution in [3.05, 3.63) is 0 Å². The highest BCUT2D eigenvalue weighted by Gasteiger charge is 2.12. The second kappa shape index (κ2) is 9.30. The van der Waals surface area contributed by atoms with Gasteiger partial charge in [-0.25, -0.2) is 0 Å². The van der Waals surface area contributed by atoms with E-state index in [2.05, 4.69) is 34.1 Å². The molecular weight excluding hydrogens is 258 g/mol. The number of methoxy groups -OCH3 is 1. The summed E-state index contributed by atoms with van der Waals surface area (Å²) in [4.78, 5) is 15.1. The number of nitrogens with zero attached hydrogens (tertiary/aromatic N) is 4. The molecule has 0 atom stereocenters. The van der Waals surface area contributed by atoms with Crippen LogP contribution in [0.4, 0.5) is 11.9 Å². The van der Waals surface area contributed by atoms with Gasteiger partial charge in [0, 0.05) is 26.7 Å². The summed E-state index contributed by atoms with van der Waals surface area (Å²) < 4.78 is 10.5. The minimum Gasteiger partial charge on any atom is -0.464 e. The van der Waals surface area contributed by atoms with E-state index in [1.165, 1.54) is 0 Å². The Morgan fingerprint density at radius 3 is 2.55 bits per heavy atom. The molecule has 0 radical (unpaired) electrons. The molecule has 0 saturated heterocycles. The summed E-state index contributed by atoms with van der Waals surface area (Å²) in [5, 5.41) is 3.17. The number of hydrogen-bond donors (Lipinski definition) is 1. The molecule has 0 bridgehead atoms. The van der Waals surface area contributed by atoms with Crippen molar-refractivity contribution >= 4 is 11.9 Å². The highest BCUT2D eigenvalue weighted by atomic mass is 16.5. The third-order valence-electron chi connectivity index (χ3n) is 2.64. The molecule has 1 heterocycles. The molecule has 20 heavy (non-hydrogen) atoms. The summed E-state index contributed by atoms with van der Waals surface area (Å²) in [6.07, 6.45) is 1.01. The van der Waals surface area contributed by atoms with E-state index >= 15 is 0 Å². The van der Waals surface area contributed by atoms with Crippen molar-refractivity contribution < 1.29 is 9.47 Å². The fraction of sp³-hybridized carbons (Fsp3) is 0.769. The molecule has 7 heteroatoms. The Hall–Kier alpha value is -1.63. The maximum absolute atomic E-state index is 5.41. The minimum atomic E-state index is 0.354. The second-order valence-corrected chi connectivity index (χ2v) is 4.17. The molecule has 0 aromatic carbocycles. The van der Waals surface area contributed by atoms with E-state index in [9.17, 15) is 0 Å². The maximum atomic E-state index is 5.41. The average molecular weight is 283 g/mol. The Kier molecular flexibility index (Phi) is 7.64. The first-order valence-corrected chi connectivity index (χ1v) is 7.11. The minimum absolute atomic E-state index is 0.354. The molecule has 1 rings (SSSR count). The van der Waals surface area contributed by atoms with E-state index in [-0.39, 0.29) is 0 Å². The fourth-order valence-electron chi connectivity index (χ4n) is 1.60. The summed E-state index contributed by atoms with van der Waals surface area (Å²) in [6, 6.07) is 0.354. The van der Waals surface area contributed by atoms with Crippen molar-refractivity contribution in [2.24, 2.45) is 0 Å². The zero-order valence-electron chi connectivity index (χ0n) is 12.8. The van der Waals surface area contributed by atoms with Gasteiger partial charge in [-0.05, 0) is 20.3 Å². The zero-order chi connectivity index (χ0) is 14.8. The largest absolute Gasteiger partial charge is 0.464 e. The molecule has 1 aromatic heterocycles. The Balaban J connectivity index is 2.92. The first kappa shape index (κ1) is 16.4. The summed E-state index contributed by atoms with van der Waals surface area (Å²) in [6.45, 7) is 9.56. The van der Waals surface area contributed by atoms with Crippen molar-refractivity contribution in [2.75, 3.05) is 50.2 Å². The molecule has 0 amide bonds. The van der Waals surface area contributed by atoms with E-state index in [4.69, 9.17) is 9.47 Å². The van der Waals surface area contributed by atoms with Gasteiger partial charge in [0.25, 0.3) is 0 Å². The van der Waals surface area contributed by atoms with E-state index in [1.807, 2.05) is 11.8 Å².